The molecule has 0 saturated carbocycles. The third-order valence-corrected chi connectivity index (χ3v) is 5.05. The van der Waals surface area contributed by atoms with Crippen molar-refractivity contribution in [2.24, 2.45) is 0 Å². The fourth-order valence-electron chi connectivity index (χ4n) is 2.94. The fraction of sp³-hybridized carbons (Fsp3) is 0.278. The molecular formula is C18H17N3O2S. The Labute approximate surface area is 144 Å². The van der Waals surface area contributed by atoms with Crippen molar-refractivity contribution < 1.29 is 9.53 Å². The number of benzene rings is 1. The average Bonchev–Trinajstić information content (AvgIpc) is 3.06. The van der Waals surface area contributed by atoms with E-state index in [4.69, 9.17) is 4.74 Å². The lowest BCUT2D eigenvalue weighted by molar-refractivity contribution is 0.103. The Morgan fingerprint density at radius 3 is 2.92 bits per heavy atom. The maximum atomic E-state index is 12.7. The van der Waals surface area contributed by atoms with Gasteiger partial charge in [0.15, 0.2) is 0 Å². The molecule has 3 heterocycles. The molecule has 5 nitrogen and oxygen atoms in total. The molecule has 0 radical (unpaired) electrons. The molecule has 0 unspecified atom stereocenters. The van der Waals surface area contributed by atoms with E-state index >= 15 is 0 Å². The summed E-state index contributed by atoms with van der Waals surface area (Å²) in [5.74, 6) is 3.03. The first kappa shape index (κ1) is 15.2. The minimum atomic E-state index is -0.0852. The normalized spacial score (nSPS) is 13.7. The number of hydrogen-bond donors (Lipinski definition) is 0. The maximum absolute atomic E-state index is 12.7. The smallest absolute Gasteiger partial charge is 0.238 e. The molecule has 1 aliphatic heterocycles. The van der Waals surface area contributed by atoms with Gasteiger partial charge in [0.05, 0.1) is 6.61 Å². The number of aryl methyl sites for hydroxylation is 1. The number of imidazole rings is 1. The molecule has 0 amide bonds. The predicted molar refractivity (Wildman–Crippen MR) is 93.9 cm³/mol. The van der Waals surface area contributed by atoms with Crippen LogP contribution in [-0.2, 0) is 12.2 Å². The summed E-state index contributed by atoms with van der Waals surface area (Å²) < 4.78 is 7.66. The van der Waals surface area contributed by atoms with Gasteiger partial charge in [-0.05, 0) is 19.1 Å². The van der Waals surface area contributed by atoms with Crippen molar-refractivity contribution in [3.05, 3.63) is 59.0 Å². The predicted octanol–water partition coefficient (Wildman–Crippen LogP) is 3.15. The lowest BCUT2D eigenvalue weighted by atomic mass is 10.1. The number of aromatic nitrogens is 3. The molecule has 4 rings (SSSR count). The molecule has 1 aromatic carbocycles. The Hall–Kier alpha value is -2.34. The summed E-state index contributed by atoms with van der Waals surface area (Å²) in [6.07, 6.45) is 2.73. The highest BCUT2D eigenvalue weighted by Gasteiger charge is 2.22. The van der Waals surface area contributed by atoms with Gasteiger partial charge < -0.3 is 4.74 Å². The molecule has 1 aliphatic rings. The number of carbonyl (C=O) groups excluding carboxylic acids is 1. The van der Waals surface area contributed by atoms with Gasteiger partial charge in [0.1, 0.15) is 5.69 Å². The van der Waals surface area contributed by atoms with Gasteiger partial charge in [-0.15, -0.1) is 0 Å². The van der Waals surface area contributed by atoms with Gasteiger partial charge in [0, 0.05) is 28.8 Å². The molecule has 0 fully saturated rings. The summed E-state index contributed by atoms with van der Waals surface area (Å²) in [6.45, 7) is 2.51. The topological polar surface area (TPSA) is 56.5 Å². The van der Waals surface area contributed by atoms with E-state index in [0.29, 0.717) is 29.5 Å². The van der Waals surface area contributed by atoms with Gasteiger partial charge in [-0.2, -0.15) is 16.7 Å². The molecule has 0 N–H and O–H groups in total. The lowest BCUT2D eigenvalue weighted by Gasteiger charge is -2.19. The zero-order valence-electron chi connectivity index (χ0n) is 13.4. The summed E-state index contributed by atoms with van der Waals surface area (Å²) in [7, 11) is 0. The van der Waals surface area contributed by atoms with E-state index < -0.39 is 0 Å². The van der Waals surface area contributed by atoms with Crippen molar-refractivity contribution in [2.45, 2.75) is 19.1 Å². The van der Waals surface area contributed by atoms with Gasteiger partial charge in [-0.25, -0.2) is 4.98 Å². The Morgan fingerprint density at radius 1 is 1.29 bits per heavy atom. The third kappa shape index (κ3) is 2.57. The largest absolute Gasteiger partial charge is 0.478 e. The second-order valence-corrected chi connectivity index (χ2v) is 6.67. The van der Waals surface area contributed by atoms with Crippen LogP contribution in [0.3, 0.4) is 0 Å². The quantitative estimate of drug-likeness (QED) is 0.684. The number of ketones is 1. The van der Waals surface area contributed by atoms with Crippen molar-refractivity contribution in [3.8, 4) is 5.88 Å². The number of fused-ring (bicyclic) bond motifs is 3. The Balaban J connectivity index is 1.84. The van der Waals surface area contributed by atoms with Crippen LogP contribution in [0.4, 0.5) is 0 Å². The minimum absolute atomic E-state index is 0.0852. The number of thioether (sulfide) groups is 1. The van der Waals surface area contributed by atoms with Crippen LogP contribution in [0.25, 0.3) is 5.78 Å². The number of carbonyl (C=O) groups is 1. The first-order valence-electron chi connectivity index (χ1n) is 7.99. The molecule has 3 aromatic rings. The van der Waals surface area contributed by atoms with Crippen molar-refractivity contribution in [1.82, 2.24) is 14.4 Å². The molecule has 2 aromatic heterocycles. The number of rotatable bonds is 4. The van der Waals surface area contributed by atoms with Gasteiger partial charge in [0.25, 0.3) is 0 Å². The molecule has 24 heavy (non-hydrogen) atoms. The van der Waals surface area contributed by atoms with Crippen molar-refractivity contribution in [3.63, 3.8) is 0 Å². The molecule has 0 aliphatic carbocycles. The van der Waals surface area contributed by atoms with Crippen LogP contribution >= 0.6 is 11.8 Å². The van der Waals surface area contributed by atoms with E-state index in [2.05, 4.69) is 9.97 Å². The molecule has 122 valence electrons. The summed E-state index contributed by atoms with van der Waals surface area (Å²) in [6, 6.07) is 9.21. The zero-order chi connectivity index (χ0) is 16.5. The monoisotopic (exact) mass is 339 g/mol. The SMILES string of the molecule is CCOc1nc2nc(C(=O)c3ccccc3)cn2c2c1CSCC2. The highest BCUT2D eigenvalue weighted by molar-refractivity contribution is 7.98. The third-order valence-electron chi connectivity index (χ3n) is 4.07. The number of ether oxygens (including phenoxy) is 1. The summed E-state index contributed by atoms with van der Waals surface area (Å²) >= 11 is 1.88. The zero-order valence-corrected chi connectivity index (χ0v) is 14.2. The number of nitrogens with zero attached hydrogens (tertiary/aromatic N) is 3. The van der Waals surface area contributed by atoms with Crippen LogP contribution in [-0.4, -0.2) is 32.5 Å². The summed E-state index contributed by atoms with van der Waals surface area (Å²) in [5, 5.41) is 0. The highest BCUT2D eigenvalue weighted by atomic mass is 32.2. The summed E-state index contributed by atoms with van der Waals surface area (Å²) in [4.78, 5) is 21.7. The fourth-order valence-corrected chi connectivity index (χ4v) is 3.91. The molecule has 0 saturated heterocycles. The highest BCUT2D eigenvalue weighted by Crippen LogP contribution is 2.31. The van der Waals surface area contributed by atoms with Crippen molar-refractivity contribution in [2.75, 3.05) is 12.4 Å². The van der Waals surface area contributed by atoms with E-state index in [1.807, 2.05) is 47.5 Å². The van der Waals surface area contributed by atoms with Gasteiger partial charge in [0.2, 0.25) is 17.4 Å². The van der Waals surface area contributed by atoms with E-state index in [-0.39, 0.29) is 5.78 Å². The van der Waals surface area contributed by atoms with Crippen LogP contribution < -0.4 is 4.74 Å². The summed E-state index contributed by atoms with van der Waals surface area (Å²) in [5.41, 5.74) is 3.33. The lowest BCUT2D eigenvalue weighted by Crippen LogP contribution is -2.12. The van der Waals surface area contributed by atoms with Gasteiger partial charge >= 0.3 is 0 Å². The van der Waals surface area contributed by atoms with Crippen molar-refractivity contribution >= 4 is 23.3 Å². The average molecular weight is 339 g/mol. The van der Waals surface area contributed by atoms with Crippen LogP contribution in [0.1, 0.15) is 34.2 Å². The minimum Gasteiger partial charge on any atom is -0.478 e. The Bertz CT molecular complexity index is 906. The van der Waals surface area contributed by atoms with E-state index in [0.717, 1.165) is 29.2 Å². The Morgan fingerprint density at radius 2 is 2.12 bits per heavy atom. The van der Waals surface area contributed by atoms with E-state index in [1.165, 1.54) is 0 Å². The van der Waals surface area contributed by atoms with Crippen LogP contribution in [0.5, 0.6) is 5.88 Å². The van der Waals surface area contributed by atoms with Crippen molar-refractivity contribution in [1.29, 1.82) is 0 Å². The van der Waals surface area contributed by atoms with Crippen LogP contribution in [0.15, 0.2) is 36.5 Å². The maximum Gasteiger partial charge on any atom is 0.238 e. The Kier molecular flexibility index (Phi) is 3.98. The standard InChI is InChI=1S/C18H17N3O2S/c1-2-23-17-13-11-24-9-8-15(13)21-10-14(19-18(21)20-17)16(22)12-6-4-3-5-7-12/h3-7,10H,2,8-9,11H2,1H3. The second-order valence-electron chi connectivity index (χ2n) is 5.57. The molecular weight excluding hydrogens is 322 g/mol. The molecule has 0 bridgehead atoms. The first-order chi connectivity index (χ1) is 11.8. The molecule has 0 spiro atoms. The van der Waals surface area contributed by atoms with Gasteiger partial charge in [-0.1, -0.05) is 30.3 Å². The van der Waals surface area contributed by atoms with Crippen LogP contribution in [0, 0.1) is 0 Å². The van der Waals surface area contributed by atoms with Crippen LogP contribution in [0.2, 0.25) is 0 Å². The van der Waals surface area contributed by atoms with E-state index in [1.54, 1.807) is 12.1 Å². The number of hydrogen-bond acceptors (Lipinski definition) is 5. The van der Waals surface area contributed by atoms with E-state index in [9.17, 15) is 4.79 Å². The molecule has 0 atom stereocenters. The first-order valence-corrected chi connectivity index (χ1v) is 9.14. The van der Waals surface area contributed by atoms with Gasteiger partial charge in [-0.3, -0.25) is 9.20 Å². The molecule has 6 heteroatoms. The second kappa shape index (κ2) is 6.28.